The highest BCUT2D eigenvalue weighted by molar-refractivity contribution is 6.05. The molecule has 0 radical (unpaired) electrons. The summed E-state index contributed by atoms with van der Waals surface area (Å²) in [4.78, 5) is 15.9. The Kier molecular flexibility index (Phi) is 6.32. The lowest BCUT2D eigenvalue weighted by Gasteiger charge is -2.30. The van der Waals surface area contributed by atoms with E-state index in [2.05, 4.69) is 29.2 Å². The van der Waals surface area contributed by atoms with Crippen LogP contribution in [0.1, 0.15) is 34.7 Å². The number of rotatable bonds is 6. The van der Waals surface area contributed by atoms with Gasteiger partial charge in [0.05, 0.1) is 32.5 Å². The van der Waals surface area contributed by atoms with Crippen LogP contribution in [0.3, 0.4) is 0 Å². The summed E-state index contributed by atoms with van der Waals surface area (Å²) in [6.45, 7) is 1.96. The largest absolute Gasteiger partial charge is 0.496 e. The predicted molar refractivity (Wildman–Crippen MR) is 132 cm³/mol. The zero-order chi connectivity index (χ0) is 23.5. The standard InChI is InChI=1S/C28H29N3O3/c1-33-26-13-7-5-11-22(26)24-17-25(23-12-6-8-14-27(23)34-2)31(29-24)28(32)19-30-16-15-20-9-3-4-10-21(20)18-30/h3-14,25H,15-19H2,1-2H3. The van der Waals surface area contributed by atoms with Crippen LogP contribution < -0.4 is 9.47 Å². The normalized spacial score (nSPS) is 17.8. The Morgan fingerprint density at radius 3 is 2.38 bits per heavy atom. The molecular weight excluding hydrogens is 426 g/mol. The third kappa shape index (κ3) is 4.29. The Hall–Kier alpha value is -3.64. The second-order valence-electron chi connectivity index (χ2n) is 8.68. The summed E-state index contributed by atoms with van der Waals surface area (Å²) < 4.78 is 11.2. The maximum absolute atomic E-state index is 13.6. The zero-order valence-electron chi connectivity index (χ0n) is 19.6. The van der Waals surface area contributed by atoms with Crippen molar-refractivity contribution in [3.8, 4) is 11.5 Å². The van der Waals surface area contributed by atoms with Gasteiger partial charge >= 0.3 is 0 Å². The third-order valence-corrected chi connectivity index (χ3v) is 6.65. The van der Waals surface area contributed by atoms with Crippen LogP contribution in [-0.4, -0.2) is 48.8 Å². The minimum atomic E-state index is -0.236. The highest BCUT2D eigenvalue weighted by Crippen LogP contribution is 2.38. The van der Waals surface area contributed by atoms with Gasteiger partial charge in [-0.3, -0.25) is 9.69 Å². The van der Waals surface area contributed by atoms with Crippen molar-refractivity contribution in [2.24, 2.45) is 5.10 Å². The average Bonchev–Trinajstić information content (AvgIpc) is 3.34. The summed E-state index contributed by atoms with van der Waals surface area (Å²) in [6.07, 6.45) is 1.55. The first-order valence-electron chi connectivity index (χ1n) is 11.6. The fraction of sp³-hybridized carbons (Fsp3) is 0.286. The molecule has 6 nitrogen and oxygen atoms in total. The molecule has 0 saturated carbocycles. The van der Waals surface area contributed by atoms with Crippen LogP contribution in [0.5, 0.6) is 11.5 Å². The SMILES string of the molecule is COc1ccccc1C1=NN(C(=O)CN2CCc3ccccc3C2)C(c2ccccc2OC)C1. The molecule has 3 aromatic rings. The van der Waals surface area contributed by atoms with Gasteiger partial charge in [-0.2, -0.15) is 5.10 Å². The van der Waals surface area contributed by atoms with Crippen molar-refractivity contribution in [3.05, 3.63) is 95.1 Å². The Bertz CT molecular complexity index is 1220. The van der Waals surface area contributed by atoms with Crippen molar-refractivity contribution in [1.29, 1.82) is 0 Å². The molecular formula is C28H29N3O3. The molecule has 1 atom stereocenters. The molecule has 0 bridgehead atoms. The molecule has 0 fully saturated rings. The van der Waals surface area contributed by atoms with E-state index in [1.54, 1.807) is 19.2 Å². The van der Waals surface area contributed by atoms with Gasteiger partial charge in [-0.15, -0.1) is 0 Å². The highest BCUT2D eigenvalue weighted by Gasteiger charge is 2.36. The highest BCUT2D eigenvalue weighted by atomic mass is 16.5. The van der Waals surface area contributed by atoms with Gasteiger partial charge in [0.15, 0.2) is 0 Å². The van der Waals surface area contributed by atoms with Gasteiger partial charge in [-0.05, 0) is 35.7 Å². The van der Waals surface area contributed by atoms with Crippen molar-refractivity contribution in [1.82, 2.24) is 9.91 Å². The quantitative estimate of drug-likeness (QED) is 0.552. The van der Waals surface area contributed by atoms with E-state index >= 15 is 0 Å². The van der Waals surface area contributed by atoms with Crippen LogP contribution in [0.25, 0.3) is 0 Å². The van der Waals surface area contributed by atoms with E-state index in [9.17, 15) is 4.79 Å². The smallest absolute Gasteiger partial charge is 0.257 e. The lowest BCUT2D eigenvalue weighted by molar-refractivity contribution is -0.134. The molecule has 2 aliphatic rings. The van der Waals surface area contributed by atoms with Crippen LogP contribution in [0.15, 0.2) is 77.9 Å². The van der Waals surface area contributed by atoms with Crippen LogP contribution >= 0.6 is 0 Å². The van der Waals surface area contributed by atoms with Crippen molar-refractivity contribution < 1.29 is 14.3 Å². The average molecular weight is 456 g/mol. The summed E-state index contributed by atoms with van der Waals surface area (Å²) in [5.74, 6) is 1.50. The fourth-order valence-corrected chi connectivity index (χ4v) is 4.92. The first kappa shape index (κ1) is 22.2. The topological polar surface area (TPSA) is 54.4 Å². The number of benzene rings is 3. The molecule has 1 unspecified atom stereocenters. The third-order valence-electron chi connectivity index (χ3n) is 6.65. The van der Waals surface area contributed by atoms with Crippen LogP contribution in [-0.2, 0) is 17.8 Å². The van der Waals surface area contributed by atoms with E-state index in [-0.39, 0.29) is 11.9 Å². The molecule has 0 aromatic heterocycles. The number of carbonyl (C=O) groups excluding carboxylic acids is 1. The minimum Gasteiger partial charge on any atom is -0.496 e. The minimum absolute atomic E-state index is 0.0137. The second kappa shape index (κ2) is 9.69. The Morgan fingerprint density at radius 2 is 1.59 bits per heavy atom. The summed E-state index contributed by atoms with van der Waals surface area (Å²) >= 11 is 0. The molecule has 174 valence electrons. The first-order valence-corrected chi connectivity index (χ1v) is 11.6. The number of ether oxygens (including phenoxy) is 2. The van der Waals surface area contributed by atoms with Crippen molar-refractivity contribution in [3.63, 3.8) is 0 Å². The molecule has 0 aliphatic carbocycles. The first-order chi connectivity index (χ1) is 16.7. The predicted octanol–water partition coefficient (Wildman–Crippen LogP) is 4.44. The number of hydrazone groups is 1. The van der Waals surface area contributed by atoms with E-state index in [0.29, 0.717) is 13.0 Å². The molecule has 6 heteroatoms. The van der Waals surface area contributed by atoms with Crippen molar-refractivity contribution >= 4 is 11.6 Å². The summed E-state index contributed by atoms with van der Waals surface area (Å²) in [5, 5.41) is 6.50. The van der Waals surface area contributed by atoms with Crippen molar-refractivity contribution in [2.45, 2.75) is 25.4 Å². The zero-order valence-corrected chi connectivity index (χ0v) is 19.6. The number of nitrogens with zero attached hydrogens (tertiary/aromatic N) is 3. The number of hydrogen-bond acceptors (Lipinski definition) is 5. The summed E-state index contributed by atoms with van der Waals surface area (Å²) in [6, 6.07) is 23.9. The monoisotopic (exact) mass is 455 g/mol. The molecule has 0 saturated heterocycles. The second-order valence-corrected chi connectivity index (χ2v) is 8.68. The number of fused-ring (bicyclic) bond motifs is 1. The van der Waals surface area contributed by atoms with E-state index in [1.165, 1.54) is 11.1 Å². The number of para-hydroxylation sites is 2. The van der Waals surface area contributed by atoms with E-state index in [4.69, 9.17) is 14.6 Å². The lowest BCUT2D eigenvalue weighted by Crippen LogP contribution is -2.40. The molecule has 34 heavy (non-hydrogen) atoms. The van der Waals surface area contributed by atoms with Crippen molar-refractivity contribution in [2.75, 3.05) is 27.3 Å². The van der Waals surface area contributed by atoms with Gasteiger partial charge in [0, 0.05) is 30.6 Å². The van der Waals surface area contributed by atoms with Gasteiger partial charge in [0.25, 0.3) is 5.91 Å². The van der Waals surface area contributed by atoms with Crippen LogP contribution in [0.4, 0.5) is 0 Å². The molecule has 2 aliphatic heterocycles. The van der Waals surface area contributed by atoms with Crippen LogP contribution in [0.2, 0.25) is 0 Å². The lowest BCUT2D eigenvalue weighted by atomic mass is 9.97. The number of amides is 1. The number of methoxy groups -OCH3 is 2. The van der Waals surface area contributed by atoms with Gasteiger partial charge in [-0.25, -0.2) is 5.01 Å². The Labute approximate surface area is 200 Å². The van der Waals surface area contributed by atoms with E-state index in [0.717, 1.165) is 47.8 Å². The van der Waals surface area contributed by atoms with E-state index < -0.39 is 0 Å². The maximum Gasteiger partial charge on any atom is 0.257 e. The molecule has 0 N–H and O–H groups in total. The molecule has 3 aromatic carbocycles. The van der Waals surface area contributed by atoms with Gasteiger partial charge in [0.1, 0.15) is 11.5 Å². The summed E-state index contributed by atoms with van der Waals surface area (Å²) in [5.41, 5.74) is 5.37. The van der Waals surface area contributed by atoms with E-state index in [1.807, 2.05) is 48.5 Å². The molecule has 2 heterocycles. The Morgan fingerprint density at radius 1 is 0.912 bits per heavy atom. The number of carbonyl (C=O) groups is 1. The maximum atomic E-state index is 13.6. The molecule has 5 rings (SSSR count). The van der Waals surface area contributed by atoms with Crippen LogP contribution in [0, 0.1) is 0 Å². The fourth-order valence-electron chi connectivity index (χ4n) is 4.92. The summed E-state index contributed by atoms with van der Waals surface area (Å²) in [7, 11) is 3.32. The molecule has 1 amide bonds. The Balaban J connectivity index is 1.44. The van der Waals surface area contributed by atoms with Gasteiger partial charge in [0.2, 0.25) is 0 Å². The molecule has 0 spiro atoms. The van der Waals surface area contributed by atoms with Gasteiger partial charge in [-0.1, -0.05) is 54.6 Å². The van der Waals surface area contributed by atoms with Gasteiger partial charge < -0.3 is 9.47 Å². The number of hydrogen-bond donors (Lipinski definition) is 0.